The Morgan fingerprint density at radius 2 is 1.81 bits per heavy atom. The first-order valence-electron chi connectivity index (χ1n) is 11.7. The first-order chi connectivity index (χ1) is 17.3. The summed E-state index contributed by atoms with van der Waals surface area (Å²) in [7, 11) is 6.66. The van der Waals surface area contributed by atoms with Gasteiger partial charge in [0.1, 0.15) is 0 Å². The summed E-state index contributed by atoms with van der Waals surface area (Å²) in [5, 5.41) is 9.76. The number of amides is 3. The Labute approximate surface area is 210 Å². The van der Waals surface area contributed by atoms with Gasteiger partial charge in [-0.25, -0.2) is 4.79 Å². The molecule has 0 fully saturated rings. The zero-order valence-electron chi connectivity index (χ0n) is 21.2. The average Bonchev–Trinajstić information content (AvgIpc) is 3.26. The highest BCUT2D eigenvalue weighted by Gasteiger charge is 2.27. The number of carbonyl (C=O) groups is 2. The highest BCUT2D eigenvalue weighted by molar-refractivity contribution is 5.95. The van der Waals surface area contributed by atoms with Crippen LogP contribution in [0.5, 0.6) is 11.5 Å². The molecule has 0 saturated heterocycles. The van der Waals surface area contributed by atoms with Crippen LogP contribution in [0.4, 0.5) is 4.79 Å². The van der Waals surface area contributed by atoms with Gasteiger partial charge >= 0.3 is 6.03 Å². The van der Waals surface area contributed by atoms with Crippen LogP contribution in [-0.2, 0) is 20.0 Å². The largest absolute Gasteiger partial charge is 0.493 e. The third-order valence-electron chi connectivity index (χ3n) is 6.28. The molecule has 1 aliphatic heterocycles. The molecule has 0 bridgehead atoms. The van der Waals surface area contributed by atoms with E-state index in [-0.39, 0.29) is 18.0 Å². The Morgan fingerprint density at radius 1 is 1.11 bits per heavy atom. The fourth-order valence-electron chi connectivity index (χ4n) is 4.36. The smallest absolute Gasteiger partial charge is 0.321 e. The number of ether oxygens (including phenoxy) is 2. The third-order valence-corrected chi connectivity index (χ3v) is 6.28. The highest BCUT2D eigenvalue weighted by Crippen LogP contribution is 2.39. The number of rotatable bonds is 6. The van der Waals surface area contributed by atoms with Gasteiger partial charge in [0.2, 0.25) is 0 Å². The Hall–Kier alpha value is -4.27. The minimum Gasteiger partial charge on any atom is -0.493 e. The topological polar surface area (TPSA) is 97.7 Å². The van der Waals surface area contributed by atoms with Crippen molar-refractivity contribution in [3.8, 4) is 11.5 Å². The van der Waals surface area contributed by atoms with Crippen LogP contribution >= 0.6 is 0 Å². The molecule has 3 aromatic rings. The maximum Gasteiger partial charge on any atom is 0.321 e. The van der Waals surface area contributed by atoms with E-state index in [9.17, 15) is 9.59 Å². The molecule has 1 unspecified atom stereocenters. The molecule has 1 aromatic heterocycles. The fourth-order valence-corrected chi connectivity index (χ4v) is 4.36. The number of nitrogens with zero attached hydrogens (tertiary/aromatic N) is 3. The third kappa shape index (κ3) is 5.05. The summed E-state index contributed by atoms with van der Waals surface area (Å²) >= 11 is 0. The number of benzene rings is 2. The van der Waals surface area contributed by atoms with Crippen LogP contribution in [0.1, 0.15) is 39.5 Å². The van der Waals surface area contributed by atoms with Crippen molar-refractivity contribution in [1.82, 2.24) is 25.3 Å². The molecule has 3 amide bonds. The van der Waals surface area contributed by atoms with Crippen LogP contribution < -0.4 is 20.1 Å². The summed E-state index contributed by atoms with van der Waals surface area (Å²) in [6.45, 7) is 2.40. The highest BCUT2D eigenvalue weighted by atomic mass is 16.5. The van der Waals surface area contributed by atoms with E-state index in [1.165, 1.54) is 0 Å². The molecule has 2 N–H and O–H groups in total. The Balaban J connectivity index is 1.69. The lowest BCUT2D eigenvalue weighted by Gasteiger charge is -2.24. The first kappa shape index (κ1) is 24.8. The van der Waals surface area contributed by atoms with Gasteiger partial charge in [-0.05, 0) is 54.3 Å². The normalized spacial score (nSPS) is 14.9. The maximum atomic E-state index is 12.7. The number of aromatic nitrogens is 2. The number of methoxy groups -OCH3 is 2. The minimum absolute atomic E-state index is 0.0863. The quantitative estimate of drug-likeness (QED) is 0.554. The average molecular weight is 490 g/mol. The minimum atomic E-state index is -0.196. The lowest BCUT2D eigenvalue weighted by molar-refractivity contribution is 0.0951. The van der Waals surface area contributed by atoms with Crippen LogP contribution in [0.25, 0.3) is 5.57 Å². The molecule has 4 rings (SSSR count). The van der Waals surface area contributed by atoms with Crippen molar-refractivity contribution in [3.63, 3.8) is 0 Å². The van der Waals surface area contributed by atoms with E-state index in [2.05, 4.69) is 15.7 Å². The summed E-state index contributed by atoms with van der Waals surface area (Å²) < 4.78 is 12.8. The molecule has 188 valence electrons. The summed E-state index contributed by atoms with van der Waals surface area (Å²) in [6, 6.07) is 11.0. The second kappa shape index (κ2) is 10.6. The SMILES string of the molecule is CNC(=O)N1C=C(c2ccc(C(=O)NCc3cnn(C)c3)cc2)c2cc(OC)c(OC)cc2CC1C. The van der Waals surface area contributed by atoms with Crippen molar-refractivity contribution in [2.45, 2.75) is 25.9 Å². The molecule has 0 aliphatic carbocycles. The maximum absolute atomic E-state index is 12.7. The number of carbonyl (C=O) groups excluding carboxylic acids is 2. The lowest BCUT2D eigenvalue weighted by Crippen LogP contribution is -2.40. The van der Waals surface area contributed by atoms with Gasteiger partial charge in [0.25, 0.3) is 5.91 Å². The van der Waals surface area contributed by atoms with E-state index < -0.39 is 0 Å². The van der Waals surface area contributed by atoms with Crippen LogP contribution in [0.2, 0.25) is 0 Å². The number of nitrogens with one attached hydrogen (secondary N) is 2. The number of hydrogen-bond acceptors (Lipinski definition) is 5. The summed E-state index contributed by atoms with van der Waals surface area (Å²) in [6.07, 6.45) is 6.08. The van der Waals surface area contributed by atoms with Gasteiger partial charge < -0.3 is 20.1 Å². The predicted molar refractivity (Wildman–Crippen MR) is 137 cm³/mol. The van der Waals surface area contributed by atoms with E-state index in [1.54, 1.807) is 49.2 Å². The van der Waals surface area contributed by atoms with Crippen LogP contribution in [0.15, 0.2) is 55.0 Å². The molecule has 2 aromatic carbocycles. The number of urea groups is 1. The van der Waals surface area contributed by atoms with Gasteiger partial charge in [-0.2, -0.15) is 5.10 Å². The van der Waals surface area contributed by atoms with Crippen LogP contribution in [0, 0.1) is 0 Å². The van der Waals surface area contributed by atoms with E-state index in [4.69, 9.17) is 9.47 Å². The molecule has 0 spiro atoms. The van der Waals surface area contributed by atoms with E-state index in [0.717, 1.165) is 27.8 Å². The van der Waals surface area contributed by atoms with Crippen molar-refractivity contribution >= 4 is 17.5 Å². The van der Waals surface area contributed by atoms with E-state index >= 15 is 0 Å². The Morgan fingerprint density at radius 3 is 2.42 bits per heavy atom. The second-order valence-electron chi connectivity index (χ2n) is 8.70. The van der Waals surface area contributed by atoms with Gasteiger partial charge in [-0.1, -0.05) is 12.1 Å². The van der Waals surface area contributed by atoms with Gasteiger partial charge in [-0.15, -0.1) is 0 Å². The van der Waals surface area contributed by atoms with Gasteiger partial charge in [0.15, 0.2) is 11.5 Å². The molecule has 1 aliphatic rings. The zero-order valence-corrected chi connectivity index (χ0v) is 21.2. The molecule has 2 heterocycles. The van der Waals surface area contributed by atoms with Crippen molar-refractivity contribution in [2.24, 2.45) is 7.05 Å². The predicted octanol–water partition coefficient (Wildman–Crippen LogP) is 3.34. The van der Waals surface area contributed by atoms with Crippen LogP contribution in [-0.4, -0.2) is 53.9 Å². The summed E-state index contributed by atoms with van der Waals surface area (Å²) in [4.78, 5) is 27.1. The number of hydrogen-bond donors (Lipinski definition) is 2. The van der Waals surface area contributed by atoms with E-state index in [1.807, 2.05) is 50.6 Å². The molecule has 1 atom stereocenters. The van der Waals surface area contributed by atoms with Crippen molar-refractivity contribution in [1.29, 1.82) is 0 Å². The molecule has 9 heteroatoms. The van der Waals surface area contributed by atoms with E-state index in [0.29, 0.717) is 30.0 Å². The summed E-state index contributed by atoms with van der Waals surface area (Å²) in [5.41, 5.74) is 5.17. The van der Waals surface area contributed by atoms with Gasteiger partial charge in [0, 0.05) is 55.8 Å². The first-order valence-corrected chi connectivity index (χ1v) is 11.7. The standard InChI is InChI=1S/C27H31N5O4/c1-17-10-21-11-24(35-4)25(36-5)12-22(21)23(16-32(17)27(34)28-2)19-6-8-20(9-7-19)26(33)29-13-18-14-30-31(3)15-18/h6-9,11-12,14-17H,10,13H2,1-5H3,(H,28,34)(H,29,33). The number of fused-ring (bicyclic) bond motifs is 1. The monoisotopic (exact) mass is 489 g/mol. The molecular formula is C27H31N5O4. The van der Waals surface area contributed by atoms with Crippen molar-refractivity contribution < 1.29 is 19.1 Å². The molecule has 0 saturated carbocycles. The molecule has 36 heavy (non-hydrogen) atoms. The fraction of sp³-hybridized carbons (Fsp3) is 0.296. The van der Waals surface area contributed by atoms with Crippen molar-refractivity contribution in [3.05, 3.63) is 82.8 Å². The Bertz CT molecular complexity index is 1300. The number of aryl methyl sites for hydroxylation is 1. The molecule has 9 nitrogen and oxygen atoms in total. The summed E-state index contributed by atoms with van der Waals surface area (Å²) in [5.74, 6) is 1.07. The van der Waals surface area contributed by atoms with Gasteiger partial charge in [-0.3, -0.25) is 14.4 Å². The van der Waals surface area contributed by atoms with Crippen LogP contribution in [0.3, 0.4) is 0 Å². The second-order valence-corrected chi connectivity index (χ2v) is 8.70. The molecular weight excluding hydrogens is 458 g/mol. The Kier molecular flexibility index (Phi) is 7.28. The van der Waals surface area contributed by atoms with Crippen molar-refractivity contribution in [2.75, 3.05) is 21.3 Å². The lowest BCUT2D eigenvalue weighted by atomic mass is 9.92. The van der Waals surface area contributed by atoms with Gasteiger partial charge in [0.05, 0.1) is 20.4 Å². The molecule has 0 radical (unpaired) electrons. The zero-order chi connectivity index (χ0) is 25.8.